The van der Waals surface area contributed by atoms with Gasteiger partial charge in [0.15, 0.2) is 0 Å². The highest BCUT2D eigenvalue weighted by atomic mass is 15.1. The molecule has 0 radical (unpaired) electrons. The van der Waals surface area contributed by atoms with E-state index in [2.05, 4.69) is 4.98 Å². The average Bonchev–Trinajstić information content (AvgIpc) is 2.55. The predicted octanol–water partition coefficient (Wildman–Crippen LogP) is 1.39. The zero-order valence-corrected chi connectivity index (χ0v) is 5.99. The second kappa shape index (κ2) is 2.20. The molecule has 0 aliphatic carbocycles. The average molecular weight is 147 g/mol. The molecule has 0 unspecified atom stereocenters. The van der Waals surface area contributed by atoms with Crippen molar-refractivity contribution in [2.75, 3.05) is 5.73 Å². The standard InChI is InChI=1S/C8H9N3/c9-7-3-4-8(10-7)11-5-1-2-6-11/h1-6,10H,9H2. The Labute approximate surface area is 64.5 Å². The summed E-state index contributed by atoms with van der Waals surface area (Å²) in [4.78, 5) is 3.02. The lowest BCUT2D eigenvalue weighted by atomic mass is 10.6. The summed E-state index contributed by atoms with van der Waals surface area (Å²) >= 11 is 0. The van der Waals surface area contributed by atoms with Crippen molar-refractivity contribution >= 4 is 5.82 Å². The number of H-pyrrole nitrogens is 1. The molecule has 2 aromatic heterocycles. The molecule has 56 valence electrons. The molecular formula is C8H9N3. The molecule has 0 atom stereocenters. The van der Waals surface area contributed by atoms with Crippen LogP contribution in [0.25, 0.3) is 5.82 Å². The van der Waals surface area contributed by atoms with Gasteiger partial charge < -0.3 is 15.3 Å². The molecule has 0 saturated carbocycles. The van der Waals surface area contributed by atoms with Crippen molar-refractivity contribution < 1.29 is 0 Å². The number of nitrogens with zero attached hydrogens (tertiary/aromatic N) is 1. The van der Waals surface area contributed by atoms with Crippen LogP contribution in [0, 0.1) is 0 Å². The maximum Gasteiger partial charge on any atom is 0.115 e. The van der Waals surface area contributed by atoms with Gasteiger partial charge in [0.25, 0.3) is 0 Å². The van der Waals surface area contributed by atoms with E-state index in [0.717, 1.165) is 5.82 Å². The number of rotatable bonds is 1. The van der Waals surface area contributed by atoms with Crippen LogP contribution in [-0.4, -0.2) is 9.55 Å². The van der Waals surface area contributed by atoms with Gasteiger partial charge in [0.05, 0.1) is 0 Å². The van der Waals surface area contributed by atoms with Crippen LogP contribution in [0.2, 0.25) is 0 Å². The Balaban J connectivity index is 2.45. The van der Waals surface area contributed by atoms with Gasteiger partial charge in [-0.25, -0.2) is 0 Å². The van der Waals surface area contributed by atoms with Crippen LogP contribution >= 0.6 is 0 Å². The number of nitrogens with one attached hydrogen (secondary N) is 1. The summed E-state index contributed by atoms with van der Waals surface area (Å²) in [5.41, 5.74) is 5.52. The summed E-state index contributed by atoms with van der Waals surface area (Å²) in [6, 6.07) is 7.72. The first-order valence-corrected chi connectivity index (χ1v) is 3.44. The van der Waals surface area contributed by atoms with Crippen molar-refractivity contribution in [1.82, 2.24) is 9.55 Å². The minimum Gasteiger partial charge on any atom is -0.385 e. The van der Waals surface area contributed by atoms with Crippen LogP contribution in [0.5, 0.6) is 0 Å². The maximum absolute atomic E-state index is 5.52. The summed E-state index contributed by atoms with van der Waals surface area (Å²) in [6.07, 6.45) is 3.93. The molecule has 0 bridgehead atoms. The van der Waals surface area contributed by atoms with Gasteiger partial charge in [-0.15, -0.1) is 0 Å². The van der Waals surface area contributed by atoms with E-state index >= 15 is 0 Å². The summed E-state index contributed by atoms with van der Waals surface area (Å²) in [7, 11) is 0. The lowest BCUT2D eigenvalue weighted by Crippen LogP contribution is -1.90. The van der Waals surface area contributed by atoms with Crippen molar-refractivity contribution in [3.05, 3.63) is 36.7 Å². The normalized spacial score (nSPS) is 10.2. The molecule has 0 aliphatic rings. The predicted molar refractivity (Wildman–Crippen MR) is 44.5 cm³/mol. The second-order valence-electron chi connectivity index (χ2n) is 2.39. The smallest absolute Gasteiger partial charge is 0.115 e. The summed E-state index contributed by atoms with van der Waals surface area (Å²) in [6.45, 7) is 0. The van der Waals surface area contributed by atoms with E-state index in [4.69, 9.17) is 5.73 Å². The van der Waals surface area contributed by atoms with Crippen molar-refractivity contribution in [3.63, 3.8) is 0 Å². The van der Waals surface area contributed by atoms with Gasteiger partial charge in [0, 0.05) is 12.4 Å². The molecule has 0 aromatic carbocycles. The first kappa shape index (κ1) is 6.09. The first-order valence-electron chi connectivity index (χ1n) is 3.44. The third kappa shape index (κ3) is 1.00. The molecule has 0 aliphatic heterocycles. The van der Waals surface area contributed by atoms with E-state index in [1.807, 2.05) is 41.2 Å². The Morgan fingerprint density at radius 3 is 2.45 bits per heavy atom. The minimum absolute atomic E-state index is 0.689. The Hall–Kier alpha value is -1.64. The fourth-order valence-corrected chi connectivity index (χ4v) is 1.05. The van der Waals surface area contributed by atoms with E-state index in [1.54, 1.807) is 0 Å². The molecule has 2 aromatic rings. The molecule has 0 saturated heterocycles. The number of hydrogen-bond donors (Lipinski definition) is 2. The topological polar surface area (TPSA) is 46.7 Å². The van der Waals surface area contributed by atoms with Crippen LogP contribution in [0.4, 0.5) is 5.82 Å². The van der Waals surface area contributed by atoms with Gasteiger partial charge in [-0.1, -0.05) is 0 Å². The molecular weight excluding hydrogens is 138 g/mol. The molecule has 0 amide bonds. The van der Waals surface area contributed by atoms with E-state index in [1.165, 1.54) is 0 Å². The molecule has 3 nitrogen and oxygen atoms in total. The van der Waals surface area contributed by atoms with Gasteiger partial charge in [0.2, 0.25) is 0 Å². The SMILES string of the molecule is Nc1ccc(-n2cccc2)[nH]1. The Bertz CT molecular complexity index is 332. The zero-order chi connectivity index (χ0) is 7.68. The molecule has 3 heteroatoms. The van der Waals surface area contributed by atoms with Gasteiger partial charge >= 0.3 is 0 Å². The third-order valence-electron chi connectivity index (χ3n) is 1.58. The van der Waals surface area contributed by atoms with Crippen LogP contribution < -0.4 is 5.73 Å². The summed E-state index contributed by atoms with van der Waals surface area (Å²) < 4.78 is 1.97. The Morgan fingerprint density at radius 2 is 1.91 bits per heavy atom. The van der Waals surface area contributed by atoms with Crippen molar-refractivity contribution in [2.45, 2.75) is 0 Å². The Kier molecular flexibility index (Phi) is 1.22. The zero-order valence-electron chi connectivity index (χ0n) is 5.99. The fourth-order valence-electron chi connectivity index (χ4n) is 1.05. The number of aromatic nitrogens is 2. The number of hydrogen-bond acceptors (Lipinski definition) is 1. The maximum atomic E-state index is 5.52. The van der Waals surface area contributed by atoms with Crippen LogP contribution in [0.3, 0.4) is 0 Å². The van der Waals surface area contributed by atoms with E-state index < -0.39 is 0 Å². The highest BCUT2D eigenvalue weighted by Gasteiger charge is 1.94. The molecule has 0 fully saturated rings. The van der Waals surface area contributed by atoms with E-state index in [9.17, 15) is 0 Å². The summed E-state index contributed by atoms with van der Waals surface area (Å²) in [5, 5.41) is 0. The van der Waals surface area contributed by atoms with Crippen molar-refractivity contribution in [3.8, 4) is 5.82 Å². The largest absolute Gasteiger partial charge is 0.385 e. The van der Waals surface area contributed by atoms with Gasteiger partial charge in [-0.2, -0.15) is 0 Å². The van der Waals surface area contributed by atoms with Gasteiger partial charge in [-0.05, 0) is 24.3 Å². The van der Waals surface area contributed by atoms with Crippen LogP contribution in [0.15, 0.2) is 36.7 Å². The van der Waals surface area contributed by atoms with Gasteiger partial charge in [0.1, 0.15) is 11.6 Å². The molecule has 2 heterocycles. The third-order valence-corrected chi connectivity index (χ3v) is 1.58. The first-order chi connectivity index (χ1) is 5.36. The van der Waals surface area contributed by atoms with Crippen LogP contribution in [-0.2, 0) is 0 Å². The van der Waals surface area contributed by atoms with Gasteiger partial charge in [-0.3, -0.25) is 0 Å². The number of nitrogens with two attached hydrogens (primary N) is 1. The minimum atomic E-state index is 0.689. The lowest BCUT2D eigenvalue weighted by molar-refractivity contribution is 1.03. The van der Waals surface area contributed by atoms with E-state index in [0.29, 0.717) is 5.82 Å². The quantitative estimate of drug-likeness (QED) is 0.629. The van der Waals surface area contributed by atoms with E-state index in [-0.39, 0.29) is 0 Å². The number of aromatic amines is 1. The lowest BCUT2D eigenvalue weighted by Gasteiger charge is -1.95. The molecule has 2 rings (SSSR count). The highest BCUT2D eigenvalue weighted by Crippen LogP contribution is 2.08. The number of nitrogen functional groups attached to an aromatic ring is 1. The van der Waals surface area contributed by atoms with Crippen molar-refractivity contribution in [1.29, 1.82) is 0 Å². The second-order valence-corrected chi connectivity index (χ2v) is 2.39. The molecule has 0 spiro atoms. The fraction of sp³-hybridized carbons (Fsp3) is 0. The Morgan fingerprint density at radius 1 is 1.18 bits per heavy atom. The molecule has 11 heavy (non-hydrogen) atoms. The number of anilines is 1. The molecule has 3 N–H and O–H groups in total. The highest BCUT2D eigenvalue weighted by molar-refractivity contribution is 5.38. The van der Waals surface area contributed by atoms with Crippen LogP contribution in [0.1, 0.15) is 0 Å². The van der Waals surface area contributed by atoms with Crippen molar-refractivity contribution in [2.24, 2.45) is 0 Å². The summed E-state index contributed by atoms with van der Waals surface area (Å²) in [5.74, 6) is 1.68. The monoisotopic (exact) mass is 147 g/mol.